The van der Waals surface area contributed by atoms with Gasteiger partial charge in [0.2, 0.25) is 0 Å². The van der Waals surface area contributed by atoms with Gasteiger partial charge in [0.1, 0.15) is 17.5 Å². The van der Waals surface area contributed by atoms with Gasteiger partial charge in [0.05, 0.1) is 12.3 Å². The zero-order chi connectivity index (χ0) is 15.9. The molecule has 1 aromatic heterocycles. The highest BCUT2D eigenvalue weighted by molar-refractivity contribution is 6.39. The summed E-state index contributed by atoms with van der Waals surface area (Å²) in [6.45, 7) is -0.107. The minimum absolute atomic E-state index is 0.0475. The number of hydrogen-bond acceptors (Lipinski definition) is 5. The second-order valence-electron chi connectivity index (χ2n) is 4.36. The Morgan fingerprint density at radius 2 is 2.05 bits per heavy atom. The van der Waals surface area contributed by atoms with Crippen molar-refractivity contribution in [1.82, 2.24) is 15.5 Å². The molecule has 0 bridgehead atoms. The van der Waals surface area contributed by atoms with Gasteiger partial charge in [0, 0.05) is 6.54 Å². The molecule has 1 aromatic carbocycles. The molecular weight excluding hydrogens is 286 g/mol. The molecule has 0 radical (unpaired) electrons. The van der Waals surface area contributed by atoms with Gasteiger partial charge in [-0.3, -0.25) is 14.7 Å². The molecule has 0 aliphatic heterocycles. The summed E-state index contributed by atoms with van der Waals surface area (Å²) in [4.78, 5) is 23.3. The average molecular weight is 299 g/mol. The summed E-state index contributed by atoms with van der Waals surface area (Å²) >= 11 is 0. The van der Waals surface area contributed by atoms with Crippen LogP contribution >= 0.6 is 0 Å². The third kappa shape index (κ3) is 3.68. The Hall–Kier alpha value is -3.18. The Morgan fingerprint density at radius 1 is 1.32 bits per heavy atom. The van der Waals surface area contributed by atoms with Gasteiger partial charge in [-0.1, -0.05) is 30.3 Å². The molecule has 0 aliphatic carbocycles. The predicted octanol–water partition coefficient (Wildman–Crippen LogP) is 0.0697. The number of aromatic nitrogens is 2. The van der Waals surface area contributed by atoms with Crippen LogP contribution in [0.15, 0.2) is 36.5 Å². The lowest BCUT2D eigenvalue weighted by Gasteiger charge is -2.11. The molecule has 0 fully saturated rings. The lowest BCUT2D eigenvalue weighted by Crippen LogP contribution is -2.37. The molecule has 22 heavy (non-hydrogen) atoms. The van der Waals surface area contributed by atoms with Gasteiger partial charge >= 0.3 is 11.8 Å². The molecule has 1 unspecified atom stereocenters. The number of aromatic amines is 1. The number of amides is 2. The monoisotopic (exact) mass is 299 g/mol. The van der Waals surface area contributed by atoms with Crippen molar-refractivity contribution in [3.05, 3.63) is 47.7 Å². The molecule has 0 saturated carbocycles. The van der Waals surface area contributed by atoms with E-state index in [0.717, 1.165) is 0 Å². The second kappa shape index (κ2) is 7.01. The summed E-state index contributed by atoms with van der Waals surface area (Å²) in [7, 11) is 0. The summed E-state index contributed by atoms with van der Waals surface area (Å²) in [5, 5.41) is 29.2. The van der Waals surface area contributed by atoms with Crippen LogP contribution in [0, 0.1) is 11.3 Å². The quantitative estimate of drug-likeness (QED) is 0.593. The van der Waals surface area contributed by atoms with E-state index in [2.05, 4.69) is 20.8 Å². The van der Waals surface area contributed by atoms with Crippen molar-refractivity contribution in [1.29, 1.82) is 5.26 Å². The summed E-state index contributed by atoms with van der Waals surface area (Å²) in [5.74, 6) is -1.83. The smallest absolute Gasteiger partial charge is 0.314 e. The fourth-order valence-electron chi connectivity index (χ4n) is 1.70. The van der Waals surface area contributed by atoms with E-state index in [1.165, 1.54) is 6.20 Å². The zero-order valence-corrected chi connectivity index (χ0v) is 11.4. The molecule has 2 amide bonds. The van der Waals surface area contributed by atoms with Gasteiger partial charge in [0.15, 0.2) is 0 Å². The molecule has 1 atom stereocenters. The Labute approximate surface area is 125 Å². The van der Waals surface area contributed by atoms with Crippen molar-refractivity contribution in [2.45, 2.75) is 6.10 Å². The van der Waals surface area contributed by atoms with Crippen molar-refractivity contribution in [3.8, 4) is 6.07 Å². The first-order chi connectivity index (χ1) is 10.6. The lowest BCUT2D eigenvalue weighted by atomic mass is 10.1. The van der Waals surface area contributed by atoms with Crippen molar-refractivity contribution < 1.29 is 14.7 Å². The Morgan fingerprint density at radius 3 is 2.73 bits per heavy atom. The average Bonchev–Trinajstić information content (AvgIpc) is 3.00. The van der Waals surface area contributed by atoms with E-state index in [1.54, 1.807) is 30.3 Å². The Kier molecular flexibility index (Phi) is 4.85. The maximum atomic E-state index is 11.7. The molecule has 1 heterocycles. The van der Waals surface area contributed by atoms with E-state index in [4.69, 9.17) is 5.26 Å². The molecule has 0 saturated heterocycles. The molecule has 4 N–H and O–H groups in total. The van der Waals surface area contributed by atoms with Crippen LogP contribution in [-0.4, -0.2) is 33.7 Å². The number of rotatable bonds is 4. The van der Waals surface area contributed by atoms with Crippen molar-refractivity contribution >= 4 is 17.6 Å². The van der Waals surface area contributed by atoms with Crippen LogP contribution in [0.25, 0.3) is 0 Å². The van der Waals surface area contributed by atoms with Crippen molar-refractivity contribution in [3.63, 3.8) is 0 Å². The highest BCUT2D eigenvalue weighted by atomic mass is 16.3. The van der Waals surface area contributed by atoms with Crippen LogP contribution in [-0.2, 0) is 9.59 Å². The number of nitrogens with zero attached hydrogens (tertiary/aromatic N) is 2. The van der Waals surface area contributed by atoms with Crippen LogP contribution in [0.5, 0.6) is 0 Å². The number of carbonyl (C=O) groups is 2. The van der Waals surface area contributed by atoms with E-state index in [1.807, 2.05) is 6.07 Å². The highest BCUT2D eigenvalue weighted by Gasteiger charge is 2.17. The SMILES string of the molecule is N#Cc1cn[nH]c1NC(=O)C(=O)NCC(O)c1ccccc1. The lowest BCUT2D eigenvalue weighted by molar-refractivity contribution is -0.136. The molecule has 8 heteroatoms. The number of H-pyrrole nitrogens is 1. The number of anilines is 1. The first kappa shape index (κ1) is 15.2. The van der Waals surface area contributed by atoms with Gasteiger partial charge in [-0.2, -0.15) is 10.4 Å². The second-order valence-corrected chi connectivity index (χ2v) is 4.36. The van der Waals surface area contributed by atoms with Crippen molar-refractivity contribution in [2.75, 3.05) is 11.9 Å². The zero-order valence-electron chi connectivity index (χ0n) is 11.4. The van der Waals surface area contributed by atoms with Crippen LogP contribution in [0.2, 0.25) is 0 Å². The van der Waals surface area contributed by atoms with E-state index in [0.29, 0.717) is 5.56 Å². The normalized spacial score (nSPS) is 11.3. The van der Waals surface area contributed by atoms with E-state index < -0.39 is 17.9 Å². The number of benzene rings is 1. The first-order valence-electron chi connectivity index (χ1n) is 6.37. The Bertz CT molecular complexity index is 705. The van der Waals surface area contributed by atoms with Gasteiger partial charge in [0.25, 0.3) is 0 Å². The summed E-state index contributed by atoms with van der Waals surface area (Å²) < 4.78 is 0. The number of hydrogen-bond donors (Lipinski definition) is 4. The third-order valence-electron chi connectivity index (χ3n) is 2.84. The number of aliphatic hydroxyl groups excluding tert-OH is 1. The number of carbonyl (C=O) groups excluding carboxylic acids is 2. The highest BCUT2D eigenvalue weighted by Crippen LogP contribution is 2.11. The molecule has 0 aliphatic rings. The maximum absolute atomic E-state index is 11.7. The van der Waals surface area contributed by atoms with Gasteiger partial charge in [-0.05, 0) is 5.56 Å². The largest absolute Gasteiger partial charge is 0.387 e. The van der Waals surface area contributed by atoms with Gasteiger partial charge < -0.3 is 15.7 Å². The molecule has 0 spiro atoms. The van der Waals surface area contributed by atoms with Gasteiger partial charge in [-0.15, -0.1) is 0 Å². The summed E-state index contributed by atoms with van der Waals surface area (Å²) in [6.07, 6.45) is 0.312. The summed E-state index contributed by atoms with van der Waals surface area (Å²) in [5.41, 5.74) is 0.744. The minimum atomic E-state index is -0.957. The topological polar surface area (TPSA) is 131 Å². The molecular formula is C14H13N5O3. The molecule has 2 rings (SSSR count). The van der Waals surface area contributed by atoms with Crippen molar-refractivity contribution in [2.24, 2.45) is 0 Å². The van der Waals surface area contributed by atoms with E-state index >= 15 is 0 Å². The van der Waals surface area contributed by atoms with Crippen LogP contribution in [0.4, 0.5) is 5.82 Å². The van der Waals surface area contributed by atoms with E-state index in [9.17, 15) is 14.7 Å². The predicted molar refractivity (Wildman–Crippen MR) is 76.3 cm³/mol. The fourth-order valence-corrected chi connectivity index (χ4v) is 1.70. The number of aliphatic hydroxyl groups is 1. The third-order valence-corrected chi connectivity index (χ3v) is 2.84. The first-order valence-corrected chi connectivity index (χ1v) is 6.37. The van der Waals surface area contributed by atoms with Gasteiger partial charge in [-0.25, -0.2) is 0 Å². The van der Waals surface area contributed by atoms with Crippen LogP contribution < -0.4 is 10.6 Å². The standard InChI is InChI=1S/C14H13N5O3/c15-6-10-7-17-19-12(10)18-14(22)13(21)16-8-11(20)9-4-2-1-3-5-9/h1-5,7,11,20H,8H2,(H,16,21)(H2,17,18,19,22). The molecule has 8 nitrogen and oxygen atoms in total. The summed E-state index contributed by atoms with van der Waals surface area (Å²) in [6, 6.07) is 10.6. The molecule has 112 valence electrons. The number of nitrogens with one attached hydrogen (secondary N) is 3. The van der Waals surface area contributed by atoms with Crippen LogP contribution in [0.1, 0.15) is 17.2 Å². The Balaban J connectivity index is 1.87. The van der Waals surface area contributed by atoms with Crippen LogP contribution in [0.3, 0.4) is 0 Å². The van der Waals surface area contributed by atoms with E-state index in [-0.39, 0.29) is 17.9 Å². The fraction of sp³-hybridized carbons (Fsp3) is 0.143. The molecule has 2 aromatic rings. The number of nitriles is 1. The maximum Gasteiger partial charge on any atom is 0.314 e. The minimum Gasteiger partial charge on any atom is -0.387 e.